The van der Waals surface area contributed by atoms with Gasteiger partial charge in [0.2, 0.25) is 17.7 Å². The van der Waals surface area contributed by atoms with Crippen molar-refractivity contribution in [2.75, 3.05) is 13.2 Å². The summed E-state index contributed by atoms with van der Waals surface area (Å²) in [6.07, 6.45) is 1.81. The van der Waals surface area contributed by atoms with Gasteiger partial charge in [0.15, 0.2) is 0 Å². The number of benzene rings is 3. The van der Waals surface area contributed by atoms with E-state index in [9.17, 15) is 24.3 Å². The van der Waals surface area contributed by atoms with Crippen molar-refractivity contribution >= 4 is 23.7 Å². The monoisotopic (exact) mass is 571 g/mol. The van der Waals surface area contributed by atoms with E-state index in [4.69, 9.17) is 4.74 Å². The second-order valence-electron chi connectivity index (χ2n) is 10.4. The lowest BCUT2D eigenvalue weighted by Gasteiger charge is -2.29. The Hall–Kier alpha value is -4.50. The number of carboxylic acid groups (broad SMARTS) is 1. The minimum Gasteiger partial charge on any atom is -0.480 e. The third-order valence-electron chi connectivity index (χ3n) is 7.25. The van der Waals surface area contributed by atoms with Crippen LogP contribution in [0.1, 0.15) is 36.0 Å². The van der Waals surface area contributed by atoms with Crippen molar-refractivity contribution in [1.82, 2.24) is 15.5 Å². The van der Waals surface area contributed by atoms with Crippen LogP contribution < -0.4 is 10.6 Å². The average molecular weight is 572 g/mol. The van der Waals surface area contributed by atoms with Crippen molar-refractivity contribution in [3.05, 3.63) is 108 Å². The number of rotatable bonds is 14. The molecule has 1 fully saturated rings. The highest BCUT2D eigenvalue weighted by Crippen LogP contribution is 2.20. The quantitative estimate of drug-likeness (QED) is 0.273. The summed E-state index contributed by atoms with van der Waals surface area (Å²) < 4.78 is 5.84. The zero-order valence-corrected chi connectivity index (χ0v) is 23.5. The summed E-state index contributed by atoms with van der Waals surface area (Å²) in [7, 11) is 0. The molecular weight excluding hydrogens is 534 g/mol. The Bertz CT molecular complexity index is 1320. The van der Waals surface area contributed by atoms with E-state index in [0.29, 0.717) is 25.8 Å². The first kappa shape index (κ1) is 30.5. The van der Waals surface area contributed by atoms with Crippen LogP contribution in [-0.4, -0.2) is 65.0 Å². The zero-order valence-electron chi connectivity index (χ0n) is 23.5. The predicted molar refractivity (Wildman–Crippen MR) is 157 cm³/mol. The Morgan fingerprint density at radius 3 is 2.02 bits per heavy atom. The molecule has 3 amide bonds. The van der Waals surface area contributed by atoms with Crippen molar-refractivity contribution in [2.45, 2.75) is 56.8 Å². The van der Waals surface area contributed by atoms with Crippen LogP contribution in [0.15, 0.2) is 91.0 Å². The maximum Gasteiger partial charge on any atom is 0.326 e. The van der Waals surface area contributed by atoms with Crippen molar-refractivity contribution in [1.29, 1.82) is 0 Å². The molecule has 4 rings (SSSR count). The van der Waals surface area contributed by atoms with Crippen molar-refractivity contribution in [2.24, 2.45) is 0 Å². The highest BCUT2D eigenvalue weighted by atomic mass is 16.5. The molecule has 0 spiro atoms. The highest BCUT2D eigenvalue weighted by Gasteiger charge is 2.39. The lowest BCUT2D eigenvalue weighted by atomic mass is 10.1. The number of carbonyl (C=O) groups excluding carboxylic acids is 3. The standard InChI is InChI=1S/C33H37N3O6/c37-30(19-18-24-11-4-1-5-12-24)34-28(23-42-22-26-15-8-3-9-16-26)32(39)36-20-10-17-29(36)31(38)35-27(33(40)41)21-25-13-6-2-7-14-25/h1-9,11-16,27-29H,10,17-23H2,(H,34,37)(H,35,38)(H,40,41)/t27-,28-,29-/m0/s1. The number of hydrogen-bond donors (Lipinski definition) is 3. The van der Waals surface area contributed by atoms with Gasteiger partial charge in [-0.05, 0) is 36.0 Å². The maximum atomic E-state index is 13.8. The van der Waals surface area contributed by atoms with E-state index in [1.54, 1.807) is 12.1 Å². The third-order valence-corrected chi connectivity index (χ3v) is 7.25. The number of nitrogens with one attached hydrogen (secondary N) is 2. The van der Waals surface area contributed by atoms with Crippen molar-refractivity contribution < 1.29 is 29.0 Å². The summed E-state index contributed by atoms with van der Waals surface area (Å²) in [4.78, 5) is 53.3. The molecule has 0 saturated carbocycles. The van der Waals surface area contributed by atoms with Gasteiger partial charge in [0.1, 0.15) is 18.1 Å². The van der Waals surface area contributed by atoms with Crippen LogP contribution in [0.5, 0.6) is 0 Å². The van der Waals surface area contributed by atoms with Gasteiger partial charge in [-0.2, -0.15) is 0 Å². The fraction of sp³-hybridized carbons (Fsp3) is 0.333. The molecule has 0 bridgehead atoms. The summed E-state index contributed by atoms with van der Waals surface area (Å²) in [5.41, 5.74) is 2.71. The minimum atomic E-state index is -1.15. The van der Waals surface area contributed by atoms with E-state index in [1.165, 1.54) is 4.90 Å². The van der Waals surface area contributed by atoms with Crippen LogP contribution in [0.25, 0.3) is 0 Å². The molecule has 0 aromatic heterocycles. The molecule has 1 saturated heterocycles. The second-order valence-corrected chi connectivity index (χ2v) is 10.4. The van der Waals surface area contributed by atoms with Gasteiger partial charge in [-0.3, -0.25) is 14.4 Å². The first-order valence-electron chi connectivity index (χ1n) is 14.2. The molecular formula is C33H37N3O6. The molecule has 42 heavy (non-hydrogen) atoms. The molecule has 1 aliphatic heterocycles. The van der Waals surface area contributed by atoms with E-state index in [2.05, 4.69) is 10.6 Å². The number of nitrogens with zero attached hydrogens (tertiary/aromatic N) is 1. The van der Waals surface area contributed by atoms with Gasteiger partial charge in [-0.15, -0.1) is 0 Å². The maximum absolute atomic E-state index is 13.8. The Morgan fingerprint density at radius 2 is 1.40 bits per heavy atom. The molecule has 0 radical (unpaired) electrons. The lowest BCUT2D eigenvalue weighted by Crippen LogP contribution is -2.56. The summed E-state index contributed by atoms with van der Waals surface area (Å²) >= 11 is 0. The van der Waals surface area contributed by atoms with Gasteiger partial charge >= 0.3 is 5.97 Å². The van der Waals surface area contributed by atoms with Crippen LogP contribution >= 0.6 is 0 Å². The van der Waals surface area contributed by atoms with Gasteiger partial charge in [0, 0.05) is 19.4 Å². The summed E-state index contributed by atoms with van der Waals surface area (Å²) in [6.45, 7) is 0.512. The van der Waals surface area contributed by atoms with Gasteiger partial charge in [0.25, 0.3) is 0 Å². The molecule has 3 aromatic rings. The summed E-state index contributed by atoms with van der Waals surface area (Å²) in [6, 6.07) is 25.2. The van der Waals surface area contributed by atoms with Crippen molar-refractivity contribution in [3.63, 3.8) is 0 Å². The summed E-state index contributed by atoms with van der Waals surface area (Å²) in [5, 5.41) is 15.2. The Kier molecular flexibility index (Phi) is 11.2. The molecule has 1 aliphatic rings. The van der Waals surface area contributed by atoms with Crippen LogP contribution in [0.3, 0.4) is 0 Å². The molecule has 9 heteroatoms. The first-order chi connectivity index (χ1) is 20.4. The van der Waals surface area contributed by atoms with Gasteiger partial charge in [-0.25, -0.2) is 4.79 Å². The van der Waals surface area contributed by atoms with Gasteiger partial charge in [-0.1, -0.05) is 91.0 Å². The van der Waals surface area contributed by atoms with E-state index in [1.807, 2.05) is 78.9 Å². The highest BCUT2D eigenvalue weighted by molar-refractivity contribution is 5.94. The van der Waals surface area contributed by atoms with E-state index in [-0.39, 0.29) is 32.0 Å². The fourth-order valence-corrected chi connectivity index (χ4v) is 5.03. The predicted octanol–water partition coefficient (Wildman–Crippen LogP) is 3.12. The molecule has 1 heterocycles. The molecule has 3 aromatic carbocycles. The van der Waals surface area contributed by atoms with Crippen LogP contribution in [0.2, 0.25) is 0 Å². The molecule has 3 N–H and O–H groups in total. The molecule has 0 unspecified atom stereocenters. The Labute approximate surface area is 245 Å². The third kappa shape index (κ3) is 9.01. The number of carbonyl (C=O) groups is 4. The van der Waals surface area contributed by atoms with E-state index >= 15 is 0 Å². The van der Waals surface area contributed by atoms with E-state index < -0.39 is 35.9 Å². The fourth-order valence-electron chi connectivity index (χ4n) is 5.03. The Balaban J connectivity index is 1.41. The Morgan fingerprint density at radius 1 is 0.810 bits per heavy atom. The smallest absolute Gasteiger partial charge is 0.326 e. The summed E-state index contributed by atoms with van der Waals surface area (Å²) in [5.74, 6) is -2.40. The van der Waals surface area contributed by atoms with Crippen LogP contribution in [0, 0.1) is 0 Å². The van der Waals surface area contributed by atoms with E-state index in [0.717, 1.165) is 16.7 Å². The molecule has 3 atom stereocenters. The number of hydrogen-bond acceptors (Lipinski definition) is 5. The average Bonchev–Trinajstić information content (AvgIpc) is 3.51. The molecule has 0 aliphatic carbocycles. The topological polar surface area (TPSA) is 125 Å². The zero-order chi connectivity index (χ0) is 29.7. The number of aliphatic carboxylic acids is 1. The minimum absolute atomic E-state index is 0.0681. The number of aryl methyl sites for hydroxylation is 1. The molecule has 9 nitrogen and oxygen atoms in total. The largest absolute Gasteiger partial charge is 0.480 e. The van der Waals surface area contributed by atoms with Crippen molar-refractivity contribution in [3.8, 4) is 0 Å². The number of likely N-dealkylation sites (tertiary alicyclic amines) is 1. The number of carboxylic acids is 1. The van der Waals surface area contributed by atoms with Crippen LogP contribution in [0.4, 0.5) is 0 Å². The first-order valence-corrected chi connectivity index (χ1v) is 14.2. The van der Waals surface area contributed by atoms with Gasteiger partial charge < -0.3 is 25.4 Å². The second kappa shape index (κ2) is 15.5. The normalized spacial score (nSPS) is 15.9. The van der Waals surface area contributed by atoms with Crippen LogP contribution in [-0.2, 0) is 43.4 Å². The molecule has 220 valence electrons. The van der Waals surface area contributed by atoms with Gasteiger partial charge in [0.05, 0.1) is 13.2 Å². The number of amides is 3. The number of ether oxygens (including phenoxy) is 1. The lowest BCUT2D eigenvalue weighted by molar-refractivity contribution is -0.145. The SMILES string of the molecule is O=C(CCc1ccccc1)N[C@@H](COCc1ccccc1)C(=O)N1CCC[C@H]1C(=O)N[C@@H](Cc1ccccc1)C(=O)O.